The molecule has 0 heterocycles. The number of carboxylic acid groups (broad SMARTS) is 1. The molecule has 0 saturated carbocycles. The maximum atomic E-state index is 10.5. The Kier molecular flexibility index (Phi) is 5.01. The molecule has 4 heteroatoms. The van der Waals surface area contributed by atoms with Crippen LogP contribution in [0.2, 0.25) is 5.02 Å². The molecule has 2 aromatic carbocycles. The molecule has 0 atom stereocenters. The Morgan fingerprint density at radius 3 is 2.86 bits per heavy atom. The van der Waals surface area contributed by atoms with Crippen LogP contribution in [0.5, 0.6) is 5.75 Å². The van der Waals surface area contributed by atoms with E-state index in [1.165, 1.54) is 0 Å². The molecule has 0 fully saturated rings. The zero-order valence-electron chi connectivity index (χ0n) is 11.5. The third kappa shape index (κ3) is 4.65. The Bertz CT molecular complexity index is 677. The summed E-state index contributed by atoms with van der Waals surface area (Å²) in [5, 5.41) is 9.20. The number of rotatable bonds is 5. The van der Waals surface area contributed by atoms with Crippen LogP contribution in [0.1, 0.15) is 16.7 Å². The van der Waals surface area contributed by atoms with Crippen molar-refractivity contribution in [3.05, 3.63) is 70.3 Å². The first-order chi connectivity index (χ1) is 10.0. The van der Waals surface area contributed by atoms with Crippen LogP contribution in [0.4, 0.5) is 0 Å². The lowest BCUT2D eigenvalue weighted by Gasteiger charge is -2.09. The van der Waals surface area contributed by atoms with Crippen molar-refractivity contribution in [3.63, 3.8) is 0 Å². The third-order valence-corrected chi connectivity index (χ3v) is 3.16. The molecule has 0 aliphatic heterocycles. The molecule has 0 bridgehead atoms. The molecule has 21 heavy (non-hydrogen) atoms. The van der Waals surface area contributed by atoms with E-state index in [9.17, 15) is 4.79 Å². The molecule has 0 aliphatic carbocycles. The van der Waals surface area contributed by atoms with Crippen LogP contribution in [-0.4, -0.2) is 11.1 Å². The summed E-state index contributed by atoms with van der Waals surface area (Å²) in [5.74, 6) is -0.327. The number of hydrogen-bond donors (Lipinski definition) is 1. The molecule has 0 amide bonds. The lowest BCUT2D eigenvalue weighted by Crippen LogP contribution is -1.96. The van der Waals surface area contributed by atoms with Crippen molar-refractivity contribution in [3.8, 4) is 5.75 Å². The molecule has 3 nitrogen and oxygen atoms in total. The zero-order chi connectivity index (χ0) is 15.2. The molecule has 0 radical (unpaired) electrons. The summed E-state index contributed by atoms with van der Waals surface area (Å²) in [6.07, 6.45) is 2.66. The van der Waals surface area contributed by atoms with E-state index < -0.39 is 5.97 Å². The number of carbonyl (C=O) groups is 1. The minimum Gasteiger partial charge on any atom is -0.487 e. The van der Waals surface area contributed by atoms with E-state index in [4.69, 9.17) is 21.4 Å². The van der Waals surface area contributed by atoms with Gasteiger partial charge in [-0.25, -0.2) is 4.79 Å². The highest BCUT2D eigenvalue weighted by molar-refractivity contribution is 6.32. The van der Waals surface area contributed by atoms with Crippen molar-refractivity contribution in [2.75, 3.05) is 0 Å². The van der Waals surface area contributed by atoms with Gasteiger partial charge in [-0.15, -0.1) is 0 Å². The molecule has 0 saturated heterocycles. The summed E-state index contributed by atoms with van der Waals surface area (Å²) in [6, 6.07) is 13.1. The van der Waals surface area contributed by atoms with Gasteiger partial charge in [0.05, 0.1) is 5.02 Å². The summed E-state index contributed by atoms with van der Waals surface area (Å²) in [4.78, 5) is 10.5. The Hall–Kier alpha value is -2.26. The van der Waals surface area contributed by atoms with Crippen molar-refractivity contribution in [1.82, 2.24) is 0 Å². The smallest absolute Gasteiger partial charge is 0.328 e. The molecule has 2 aromatic rings. The van der Waals surface area contributed by atoms with Gasteiger partial charge in [0.1, 0.15) is 12.4 Å². The third-order valence-electron chi connectivity index (χ3n) is 2.85. The predicted octanol–water partition coefficient (Wildman–Crippen LogP) is 4.33. The summed E-state index contributed by atoms with van der Waals surface area (Å²) in [5.41, 5.74) is 2.83. The van der Waals surface area contributed by atoms with Crippen LogP contribution in [0.25, 0.3) is 6.08 Å². The van der Waals surface area contributed by atoms with Crippen LogP contribution >= 0.6 is 11.6 Å². The van der Waals surface area contributed by atoms with E-state index in [-0.39, 0.29) is 0 Å². The first-order valence-electron chi connectivity index (χ1n) is 6.43. The van der Waals surface area contributed by atoms with Crippen molar-refractivity contribution in [2.45, 2.75) is 13.5 Å². The van der Waals surface area contributed by atoms with Crippen LogP contribution in [0, 0.1) is 6.92 Å². The van der Waals surface area contributed by atoms with Gasteiger partial charge in [-0.1, -0.05) is 35.9 Å². The normalized spacial score (nSPS) is 10.8. The van der Waals surface area contributed by atoms with Gasteiger partial charge in [0.2, 0.25) is 0 Å². The lowest BCUT2D eigenvalue weighted by atomic mass is 10.1. The van der Waals surface area contributed by atoms with E-state index in [0.29, 0.717) is 17.4 Å². The number of ether oxygens (including phenoxy) is 1. The van der Waals surface area contributed by atoms with Gasteiger partial charge in [0, 0.05) is 6.08 Å². The first-order valence-corrected chi connectivity index (χ1v) is 6.81. The molecule has 0 aliphatic rings. The summed E-state index contributed by atoms with van der Waals surface area (Å²) in [6.45, 7) is 2.35. The van der Waals surface area contributed by atoms with E-state index in [1.807, 2.05) is 43.3 Å². The van der Waals surface area contributed by atoms with E-state index in [2.05, 4.69) is 0 Å². The number of halogens is 1. The first kappa shape index (κ1) is 15.1. The number of aliphatic carboxylic acids is 1. The highest BCUT2D eigenvalue weighted by Gasteiger charge is 2.02. The molecule has 0 aromatic heterocycles. The summed E-state index contributed by atoms with van der Waals surface area (Å²) < 4.78 is 5.71. The van der Waals surface area contributed by atoms with Gasteiger partial charge in [-0.2, -0.15) is 0 Å². The summed E-state index contributed by atoms with van der Waals surface area (Å²) >= 11 is 6.08. The topological polar surface area (TPSA) is 46.5 Å². The Labute approximate surface area is 128 Å². The molecule has 2 rings (SSSR count). The van der Waals surface area contributed by atoms with Crippen molar-refractivity contribution in [1.29, 1.82) is 0 Å². The average molecular weight is 303 g/mol. The molecular weight excluding hydrogens is 288 g/mol. The predicted molar refractivity (Wildman–Crippen MR) is 83.6 cm³/mol. The van der Waals surface area contributed by atoms with Crippen molar-refractivity contribution < 1.29 is 14.6 Å². The average Bonchev–Trinajstić information content (AvgIpc) is 2.46. The molecular formula is C17H15ClO3. The fourth-order valence-corrected chi connectivity index (χ4v) is 2.01. The van der Waals surface area contributed by atoms with Crippen LogP contribution in [-0.2, 0) is 11.4 Å². The van der Waals surface area contributed by atoms with E-state index >= 15 is 0 Å². The Balaban J connectivity index is 2.08. The number of aryl methyl sites for hydroxylation is 1. The zero-order valence-corrected chi connectivity index (χ0v) is 12.3. The standard InChI is InChI=1S/C17H15ClO3/c1-12-5-7-15(18)16(9-12)21-11-14-4-2-3-13(10-14)6-8-17(19)20/h2-10H,11H2,1H3,(H,19,20). The highest BCUT2D eigenvalue weighted by Crippen LogP contribution is 2.26. The van der Waals surface area contributed by atoms with Crippen LogP contribution in [0.15, 0.2) is 48.5 Å². The fourth-order valence-electron chi connectivity index (χ4n) is 1.84. The molecule has 0 spiro atoms. The Morgan fingerprint density at radius 1 is 1.29 bits per heavy atom. The second kappa shape index (κ2) is 6.95. The Morgan fingerprint density at radius 2 is 2.10 bits per heavy atom. The molecule has 0 unspecified atom stereocenters. The van der Waals surface area contributed by atoms with E-state index in [0.717, 1.165) is 22.8 Å². The molecule has 1 N–H and O–H groups in total. The van der Waals surface area contributed by atoms with Crippen LogP contribution in [0.3, 0.4) is 0 Å². The largest absolute Gasteiger partial charge is 0.487 e. The van der Waals surface area contributed by atoms with Gasteiger partial charge in [-0.05, 0) is 47.9 Å². The van der Waals surface area contributed by atoms with E-state index in [1.54, 1.807) is 12.1 Å². The maximum Gasteiger partial charge on any atom is 0.328 e. The minimum absolute atomic E-state index is 0.373. The number of hydrogen-bond acceptors (Lipinski definition) is 2. The SMILES string of the molecule is Cc1ccc(Cl)c(OCc2cccc(C=CC(=O)O)c2)c1. The van der Waals surface area contributed by atoms with Gasteiger partial charge in [0.15, 0.2) is 0 Å². The van der Waals surface area contributed by atoms with Gasteiger partial charge in [0.25, 0.3) is 0 Å². The van der Waals surface area contributed by atoms with Gasteiger partial charge < -0.3 is 9.84 Å². The monoisotopic (exact) mass is 302 g/mol. The van der Waals surface area contributed by atoms with Crippen molar-refractivity contribution in [2.24, 2.45) is 0 Å². The van der Waals surface area contributed by atoms with Gasteiger partial charge >= 0.3 is 5.97 Å². The number of benzene rings is 2. The van der Waals surface area contributed by atoms with Gasteiger partial charge in [-0.3, -0.25) is 0 Å². The fraction of sp³-hybridized carbons (Fsp3) is 0.118. The van der Waals surface area contributed by atoms with Crippen molar-refractivity contribution >= 4 is 23.6 Å². The quantitative estimate of drug-likeness (QED) is 0.836. The van der Waals surface area contributed by atoms with Crippen LogP contribution < -0.4 is 4.74 Å². The number of carboxylic acids is 1. The lowest BCUT2D eigenvalue weighted by molar-refractivity contribution is -0.131. The highest BCUT2D eigenvalue weighted by atomic mass is 35.5. The minimum atomic E-state index is -0.969. The second-order valence-corrected chi connectivity index (χ2v) is 5.05. The second-order valence-electron chi connectivity index (χ2n) is 4.64. The molecule has 108 valence electrons. The maximum absolute atomic E-state index is 10.5. The summed E-state index contributed by atoms with van der Waals surface area (Å²) in [7, 11) is 0.